The van der Waals surface area contributed by atoms with Gasteiger partial charge in [-0.1, -0.05) is 0 Å². The molecule has 0 bridgehead atoms. The van der Waals surface area contributed by atoms with Gasteiger partial charge < -0.3 is 14.2 Å². The molecule has 5 nitrogen and oxygen atoms in total. The first kappa shape index (κ1) is 15.7. The largest absolute Gasteiger partial charge is 0.430 e. The molecule has 1 amide bonds. The van der Waals surface area contributed by atoms with Gasteiger partial charge in [-0.15, -0.1) is 0 Å². The number of halogens is 2. The van der Waals surface area contributed by atoms with Gasteiger partial charge in [-0.2, -0.15) is 0 Å². The topological polar surface area (TPSA) is 53.8 Å². The maximum Gasteiger partial charge on any atom is 0.350 e. The normalized spacial score (nSPS) is 14.9. The summed E-state index contributed by atoms with van der Waals surface area (Å²) in [6, 6.07) is 7.79. The third-order valence-electron chi connectivity index (χ3n) is 3.78. The molecule has 0 aliphatic carbocycles. The van der Waals surface area contributed by atoms with Crippen molar-refractivity contribution in [1.82, 2.24) is 4.90 Å². The van der Waals surface area contributed by atoms with Crippen LogP contribution < -0.4 is 10.5 Å². The number of carbonyl (C=O) groups excluding carboxylic acids is 1. The molecule has 1 aromatic carbocycles. The predicted octanol–water partition coefficient (Wildman–Crippen LogP) is 2.50. The third kappa shape index (κ3) is 3.44. The van der Waals surface area contributed by atoms with E-state index in [-0.39, 0.29) is 16.2 Å². The molecule has 0 atom stereocenters. The molecule has 2 aromatic rings. The first-order chi connectivity index (χ1) is 11.0. The fraction of sp³-hybridized carbons (Fsp3) is 0.250. The molecule has 1 aliphatic rings. The minimum absolute atomic E-state index is 0.173. The molecule has 0 spiro atoms. The fourth-order valence-electron chi connectivity index (χ4n) is 2.52. The molecule has 0 unspecified atom stereocenters. The second-order valence-corrected chi connectivity index (χ2v) is 6.08. The molecular weight excluding hydrogens is 367 g/mol. The highest BCUT2D eigenvalue weighted by Gasteiger charge is 2.23. The SMILES string of the molecule is O=C(c1coc(=O)c(Br)c1)N1CCN(c2ccc(F)cc2)CC1. The average molecular weight is 381 g/mol. The monoisotopic (exact) mass is 380 g/mol. The lowest BCUT2D eigenvalue weighted by molar-refractivity contribution is 0.0744. The van der Waals surface area contributed by atoms with Crippen LogP contribution in [0.25, 0.3) is 0 Å². The summed E-state index contributed by atoms with van der Waals surface area (Å²) in [4.78, 5) is 27.5. The van der Waals surface area contributed by atoms with E-state index in [0.717, 1.165) is 5.69 Å². The van der Waals surface area contributed by atoms with Crippen molar-refractivity contribution < 1.29 is 13.6 Å². The lowest BCUT2D eigenvalue weighted by Crippen LogP contribution is -2.48. The Balaban J connectivity index is 1.66. The predicted molar refractivity (Wildman–Crippen MR) is 87.2 cm³/mol. The Morgan fingerprint density at radius 2 is 1.78 bits per heavy atom. The van der Waals surface area contributed by atoms with Gasteiger partial charge in [-0.05, 0) is 46.3 Å². The molecule has 1 saturated heterocycles. The van der Waals surface area contributed by atoms with Crippen molar-refractivity contribution in [2.24, 2.45) is 0 Å². The molecule has 0 N–H and O–H groups in total. The Morgan fingerprint density at radius 1 is 1.13 bits per heavy atom. The van der Waals surface area contributed by atoms with Gasteiger partial charge in [0, 0.05) is 31.9 Å². The lowest BCUT2D eigenvalue weighted by atomic mass is 10.2. The van der Waals surface area contributed by atoms with Crippen molar-refractivity contribution in [3.05, 3.63) is 62.9 Å². The number of hydrogen-bond donors (Lipinski definition) is 0. The minimum atomic E-state index is -0.511. The Hall–Kier alpha value is -2.15. The van der Waals surface area contributed by atoms with Crippen LogP contribution in [-0.2, 0) is 0 Å². The zero-order valence-electron chi connectivity index (χ0n) is 12.2. The summed E-state index contributed by atoms with van der Waals surface area (Å²) in [6.07, 6.45) is 1.18. The molecule has 0 saturated carbocycles. The van der Waals surface area contributed by atoms with E-state index in [2.05, 4.69) is 20.8 Å². The molecule has 1 fully saturated rings. The number of anilines is 1. The Morgan fingerprint density at radius 3 is 2.39 bits per heavy atom. The van der Waals surface area contributed by atoms with Crippen LogP contribution >= 0.6 is 15.9 Å². The highest BCUT2D eigenvalue weighted by atomic mass is 79.9. The van der Waals surface area contributed by atoms with Crippen LogP contribution in [0.5, 0.6) is 0 Å². The molecule has 1 aromatic heterocycles. The van der Waals surface area contributed by atoms with E-state index in [1.54, 1.807) is 17.0 Å². The molecule has 1 aliphatic heterocycles. The number of carbonyl (C=O) groups is 1. The third-order valence-corrected chi connectivity index (χ3v) is 4.33. The van der Waals surface area contributed by atoms with E-state index in [0.29, 0.717) is 31.7 Å². The maximum atomic E-state index is 13.0. The van der Waals surface area contributed by atoms with Gasteiger partial charge >= 0.3 is 5.63 Å². The minimum Gasteiger partial charge on any atom is -0.430 e. The number of benzene rings is 1. The van der Waals surface area contributed by atoms with Crippen LogP contribution in [0, 0.1) is 5.82 Å². The standard InChI is InChI=1S/C16H14BrFN2O3/c17-14-9-11(10-23-16(14)22)15(21)20-7-5-19(6-8-20)13-3-1-12(18)2-4-13/h1-4,9-10H,5-8H2. The van der Waals surface area contributed by atoms with Gasteiger partial charge in [0.15, 0.2) is 0 Å². The van der Waals surface area contributed by atoms with Crippen LogP contribution in [-0.4, -0.2) is 37.0 Å². The van der Waals surface area contributed by atoms with Crippen LogP contribution in [0.15, 0.2) is 50.3 Å². The Kier molecular flexibility index (Phi) is 4.47. The lowest BCUT2D eigenvalue weighted by Gasteiger charge is -2.36. The maximum absolute atomic E-state index is 13.0. The van der Waals surface area contributed by atoms with Gasteiger partial charge in [0.1, 0.15) is 16.6 Å². The van der Waals surface area contributed by atoms with Gasteiger partial charge in [0.05, 0.1) is 5.56 Å². The number of rotatable bonds is 2. The summed E-state index contributed by atoms with van der Waals surface area (Å²) < 4.78 is 18.0. The number of nitrogens with zero attached hydrogens (tertiary/aromatic N) is 2. The summed E-state index contributed by atoms with van der Waals surface area (Å²) in [5.41, 5.74) is 0.765. The van der Waals surface area contributed by atoms with Crippen molar-refractivity contribution in [2.75, 3.05) is 31.1 Å². The molecular formula is C16H14BrFN2O3. The van der Waals surface area contributed by atoms with Gasteiger partial charge in [-0.3, -0.25) is 4.79 Å². The quantitative estimate of drug-likeness (QED) is 0.802. The number of hydrogen-bond acceptors (Lipinski definition) is 4. The van der Waals surface area contributed by atoms with Crippen molar-refractivity contribution in [3.63, 3.8) is 0 Å². The van der Waals surface area contributed by atoms with Crippen LogP contribution in [0.3, 0.4) is 0 Å². The van der Waals surface area contributed by atoms with E-state index in [9.17, 15) is 14.0 Å². The van der Waals surface area contributed by atoms with E-state index < -0.39 is 5.63 Å². The summed E-state index contributed by atoms with van der Waals surface area (Å²) >= 11 is 3.07. The number of amides is 1. The summed E-state index contributed by atoms with van der Waals surface area (Å²) in [6.45, 7) is 2.42. The Bertz CT molecular complexity index is 768. The highest BCUT2D eigenvalue weighted by Crippen LogP contribution is 2.18. The Labute approximate surface area is 140 Å². The molecule has 7 heteroatoms. The first-order valence-corrected chi connectivity index (χ1v) is 7.92. The molecule has 23 heavy (non-hydrogen) atoms. The van der Waals surface area contributed by atoms with Gasteiger partial charge in [-0.25, -0.2) is 9.18 Å². The van der Waals surface area contributed by atoms with Crippen LogP contribution in [0.2, 0.25) is 0 Å². The van der Waals surface area contributed by atoms with Crippen molar-refractivity contribution >= 4 is 27.5 Å². The summed E-state index contributed by atoms with van der Waals surface area (Å²) in [7, 11) is 0. The van der Waals surface area contributed by atoms with Crippen LogP contribution in [0.4, 0.5) is 10.1 Å². The van der Waals surface area contributed by atoms with Crippen molar-refractivity contribution in [1.29, 1.82) is 0 Å². The van der Waals surface area contributed by atoms with Crippen molar-refractivity contribution in [2.45, 2.75) is 0 Å². The van der Waals surface area contributed by atoms with E-state index >= 15 is 0 Å². The fourth-order valence-corrected chi connectivity index (χ4v) is 2.86. The van der Waals surface area contributed by atoms with Gasteiger partial charge in [0.25, 0.3) is 5.91 Å². The molecule has 2 heterocycles. The average Bonchev–Trinajstić information content (AvgIpc) is 2.57. The number of piperazine rings is 1. The van der Waals surface area contributed by atoms with Crippen LogP contribution in [0.1, 0.15) is 10.4 Å². The zero-order valence-corrected chi connectivity index (χ0v) is 13.8. The van der Waals surface area contributed by atoms with E-state index in [4.69, 9.17) is 4.42 Å². The summed E-state index contributed by atoms with van der Waals surface area (Å²) in [5, 5.41) is 0. The summed E-state index contributed by atoms with van der Waals surface area (Å²) in [5.74, 6) is -0.438. The molecule has 3 rings (SSSR count). The van der Waals surface area contributed by atoms with E-state index in [1.165, 1.54) is 24.5 Å². The van der Waals surface area contributed by atoms with Gasteiger partial charge in [0.2, 0.25) is 0 Å². The highest BCUT2D eigenvalue weighted by molar-refractivity contribution is 9.10. The van der Waals surface area contributed by atoms with E-state index in [1.807, 2.05) is 0 Å². The molecule has 0 radical (unpaired) electrons. The molecule has 120 valence electrons. The zero-order chi connectivity index (χ0) is 16.4. The second kappa shape index (κ2) is 6.54. The second-order valence-electron chi connectivity index (χ2n) is 5.23. The first-order valence-electron chi connectivity index (χ1n) is 7.13. The smallest absolute Gasteiger partial charge is 0.350 e. The van der Waals surface area contributed by atoms with Crippen molar-refractivity contribution in [3.8, 4) is 0 Å².